The fourth-order valence-electron chi connectivity index (χ4n) is 4.39. The Bertz CT molecular complexity index is 781. The summed E-state index contributed by atoms with van der Waals surface area (Å²) in [5.41, 5.74) is 2.03. The van der Waals surface area contributed by atoms with Gasteiger partial charge in [-0.2, -0.15) is 5.10 Å². The van der Waals surface area contributed by atoms with Gasteiger partial charge < -0.3 is 4.90 Å². The van der Waals surface area contributed by atoms with Crippen LogP contribution in [0, 0.1) is 0 Å². The van der Waals surface area contributed by atoms with Gasteiger partial charge in [0.2, 0.25) is 5.91 Å². The molecule has 0 saturated carbocycles. The summed E-state index contributed by atoms with van der Waals surface area (Å²) in [6, 6.07) is 3.99. The molecule has 2 aromatic heterocycles. The predicted molar refractivity (Wildman–Crippen MR) is 103 cm³/mol. The van der Waals surface area contributed by atoms with E-state index in [4.69, 9.17) is 0 Å². The van der Waals surface area contributed by atoms with E-state index in [1.165, 1.54) is 5.56 Å². The van der Waals surface area contributed by atoms with Crippen LogP contribution in [0.1, 0.15) is 24.0 Å². The van der Waals surface area contributed by atoms with Crippen molar-refractivity contribution in [3.05, 3.63) is 48.0 Å². The van der Waals surface area contributed by atoms with Crippen LogP contribution >= 0.6 is 0 Å². The average Bonchev–Trinajstić information content (AvgIpc) is 3.09. The average molecular weight is 368 g/mol. The van der Waals surface area contributed by atoms with Crippen molar-refractivity contribution in [2.75, 3.05) is 33.2 Å². The van der Waals surface area contributed by atoms with E-state index >= 15 is 0 Å². The van der Waals surface area contributed by atoms with E-state index < -0.39 is 0 Å². The molecule has 27 heavy (non-hydrogen) atoms. The molecule has 7 nitrogen and oxygen atoms in total. The summed E-state index contributed by atoms with van der Waals surface area (Å²) in [5.74, 6) is 0.286. The minimum absolute atomic E-state index is 0.286. The first-order valence-corrected chi connectivity index (χ1v) is 9.66. The Balaban J connectivity index is 1.42. The molecule has 2 saturated heterocycles. The second-order valence-electron chi connectivity index (χ2n) is 7.83. The van der Waals surface area contributed by atoms with Crippen LogP contribution in [0.5, 0.6) is 0 Å². The molecule has 1 amide bonds. The molecule has 0 radical (unpaired) electrons. The lowest BCUT2D eigenvalue weighted by molar-refractivity contribution is -0.155. The standard InChI is InChI=1S/C20H28N6O/c1-23-11-12-26(16-17-3-7-21-8-4-17)19(27)20(23)5-9-25(10-6-20)15-18-13-22-24(2)14-18/h3-4,7-8,13-14H,5-6,9-12,15-16H2,1-2H3. The molecule has 7 heteroatoms. The van der Waals surface area contributed by atoms with Gasteiger partial charge in [-0.05, 0) is 37.6 Å². The van der Waals surface area contributed by atoms with E-state index in [1.54, 1.807) is 12.4 Å². The fraction of sp³-hybridized carbons (Fsp3) is 0.550. The molecule has 4 rings (SSSR count). The minimum Gasteiger partial charge on any atom is -0.335 e. The van der Waals surface area contributed by atoms with Gasteiger partial charge in [0.1, 0.15) is 5.54 Å². The summed E-state index contributed by atoms with van der Waals surface area (Å²) < 4.78 is 1.84. The Hall–Kier alpha value is -2.25. The van der Waals surface area contributed by atoms with Crippen LogP contribution in [0.15, 0.2) is 36.9 Å². The number of aromatic nitrogens is 3. The van der Waals surface area contributed by atoms with Crippen molar-refractivity contribution in [3.63, 3.8) is 0 Å². The highest BCUT2D eigenvalue weighted by atomic mass is 16.2. The van der Waals surface area contributed by atoms with E-state index in [0.717, 1.165) is 51.1 Å². The summed E-state index contributed by atoms with van der Waals surface area (Å²) in [6.45, 7) is 5.18. The second-order valence-corrected chi connectivity index (χ2v) is 7.83. The van der Waals surface area contributed by atoms with Crippen LogP contribution < -0.4 is 0 Å². The van der Waals surface area contributed by atoms with Crippen LogP contribution in [-0.2, 0) is 24.9 Å². The smallest absolute Gasteiger partial charge is 0.243 e. The first-order chi connectivity index (χ1) is 13.1. The molecule has 0 atom stereocenters. The summed E-state index contributed by atoms with van der Waals surface area (Å²) in [7, 11) is 4.06. The highest BCUT2D eigenvalue weighted by molar-refractivity contribution is 5.87. The summed E-state index contributed by atoms with van der Waals surface area (Å²) in [4.78, 5) is 24.3. The van der Waals surface area contributed by atoms with Crippen molar-refractivity contribution in [3.8, 4) is 0 Å². The third-order valence-corrected chi connectivity index (χ3v) is 6.09. The van der Waals surface area contributed by atoms with Gasteiger partial charge in [0.05, 0.1) is 6.20 Å². The van der Waals surface area contributed by atoms with Gasteiger partial charge in [-0.1, -0.05) is 0 Å². The van der Waals surface area contributed by atoms with Gasteiger partial charge in [0.15, 0.2) is 0 Å². The van der Waals surface area contributed by atoms with Crippen molar-refractivity contribution in [1.29, 1.82) is 0 Å². The molecule has 2 fully saturated rings. The highest BCUT2D eigenvalue weighted by Gasteiger charge is 2.49. The Morgan fingerprint density at radius 1 is 1.00 bits per heavy atom. The number of likely N-dealkylation sites (N-methyl/N-ethyl adjacent to an activating group) is 1. The molecule has 0 aliphatic carbocycles. The molecule has 0 unspecified atom stereocenters. The molecular formula is C20H28N6O. The van der Waals surface area contributed by atoms with Crippen LogP contribution in [0.3, 0.4) is 0 Å². The largest absolute Gasteiger partial charge is 0.335 e. The third kappa shape index (κ3) is 3.61. The zero-order valence-corrected chi connectivity index (χ0v) is 16.2. The van der Waals surface area contributed by atoms with Gasteiger partial charge in [0, 0.05) is 70.5 Å². The monoisotopic (exact) mass is 368 g/mol. The van der Waals surface area contributed by atoms with E-state index in [-0.39, 0.29) is 11.4 Å². The van der Waals surface area contributed by atoms with Gasteiger partial charge in [-0.3, -0.25) is 24.3 Å². The zero-order valence-electron chi connectivity index (χ0n) is 16.2. The van der Waals surface area contributed by atoms with Crippen molar-refractivity contribution in [2.24, 2.45) is 7.05 Å². The molecule has 4 heterocycles. The van der Waals surface area contributed by atoms with Crippen LogP contribution in [0.2, 0.25) is 0 Å². The summed E-state index contributed by atoms with van der Waals surface area (Å²) in [6.07, 6.45) is 9.35. The number of piperidine rings is 1. The molecule has 0 aromatic carbocycles. The normalized spacial score (nSPS) is 21.1. The maximum Gasteiger partial charge on any atom is 0.243 e. The number of amides is 1. The maximum absolute atomic E-state index is 13.4. The minimum atomic E-state index is -0.350. The molecule has 144 valence electrons. The number of nitrogens with zero attached hydrogens (tertiary/aromatic N) is 6. The van der Waals surface area contributed by atoms with Gasteiger partial charge >= 0.3 is 0 Å². The van der Waals surface area contributed by atoms with Crippen molar-refractivity contribution < 1.29 is 4.79 Å². The number of pyridine rings is 1. The van der Waals surface area contributed by atoms with Crippen LogP contribution in [0.25, 0.3) is 0 Å². The lowest BCUT2D eigenvalue weighted by Crippen LogP contribution is -2.67. The van der Waals surface area contributed by atoms with E-state index in [1.807, 2.05) is 35.0 Å². The fourth-order valence-corrected chi connectivity index (χ4v) is 4.39. The summed E-state index contributed by atoms with van der Waals surface area (Å²) >= 11 is 0. The number of hydrogen-bond donors (Lipinski definition) is 0. The molecule has 1 spiro atoms. The Labute approximate surface area is 160 Å². The second kappa shape index (κ2) is 7.40. The van der Waals surface area contributed by atoms with Gasteiger partial charge in [0.25, 0.3) is 0 Å². The predicted octanol–water partition coefficient (Wildman–Crippen LogP) is 1.12. The number of hydrogen-bond acceptors (Lipinski definition) is 5. The molecule has 2 aromatic rings. The number of carbonyl (C=O) groups is 1. The Kier molecular flexibility index (Phi) is 4.97. The van der Waals surface area contributed by atoms with Crippen molar-refractivity contribution in [2.45, 2.75) is 31.5 Å². The number of likely N-dealkylation sites (tertiary alicyclic amines) is 1. The topological polar surface area (TPSA) is 57.5 Å². The van der Waals surface area contributed by atoms with Crippen LogP contribution in [-0.4, -0.2) is 74.1 Å². The molecule has 0 N–H and O–H groups in total. The zero-order chi connectivity index (χ0) is 18.9. The number of rotatable bonds is 4. The number of carbonyl (C=O) groups excluding carboxylic acids is 1. The molecular weight excluding hydrogens is 340 g/mol. The van der Waals surface area contributed by atoms with Crippen LogP contribution in [0.4, 0.5) is 0 Å². The van der Waals surface area contributed by atoms with E-state index in [2.05, 4.69) is 33.1 Å². The van der Waals surface area contributed by atoms with Crippen molar-refractivity contribution >= 4 is 5.91 Å². The maximum atomic E-state index is 13.4. The Morgan fingerprint density at radius 3 is 2.41 bits per heavy atom. The first kappa shape index (κ1) is 18.1. The van der Waals surface area contributed by atoms with Gasteiger partial charge in [-0.15, -0.1) is 0 Å². The Morgan fingerprint density at radius 2 is 1.74 bits per heavy atom. The van der Waals surface area contributed by atoms with Gasteiger partial charge in [-0.25, -0.2) is 0 Å². The number of aryl methyl sites for hydroxylation is 1. The highest BCUT2D eigenvalue weighted by Crippen LogP contribution is 2.33. The van der Waals surface area contributed by atoms with E-state index in [0.29, 0.717) is 6.54 Å². The van der Waals surface area contributed by atoms with Crippen molar-refractivity contribution in [1.82, 2.24) is 29.5 Å². The lowest BCUT2D eigenvalue weighted by atomic mass is 9.82. The summed E-state index contributed by atoms with van der Waals surface area (Å²) in [5, 5.41) is 4.26. The molecule has 2 aliphatic rings. The first-order valence-electron chi connectivity index (χ1n) is 9.66. The molecule has 2 aliphatic heterocycles. The van der Waals surface area contributed by atoms with E-state index in [9.17, 15) is 4.79 Å². The third-order valence-electron chi connectivity index (χ3n) is 6.09. The number of piperazine rings is 1. The quantitative estimate of drug-likeness (QED) is 0.810. The molecule has 0 bridgehead atoms. The SMILES string of the molecule is CN1CCN(Cc2ccncc2)C(=O)C12CCN(Cc1cnn(C)c1)CC2. The lowest BCUT2D eigenvalue weighted by Gasteiger charge is -2.51.